The van der Waals surface area contributed by atoms with Crippen LogP contribution in [0.15, 0.2) is 48.6 Å². The van der Waals surface area contributed by atoms with Gasteiger partial charge in [0.1, 0.15) is 6.10 Å². The summed E-state index contributed by atoms with van der Waals surface area (Å²) < 4.78 is 33.4. The summed E-state index contributed by atoms with van der Waals surface area (Å²) in [5, 5.41) is 0. The minimum atomic E-state index is -4.27. The molecular weight excluding hydrogens is 661 g/mol. The third-order valence-electron chi connectivity index (χ3n) is 8.51. The molecule has 298 valence electrons. The molecule has 2 atom stereocenters. The van der Waals surface area contributed by atoms with Gasteiger partial charge in [0.15, 0.2) is 0 Å². The van der Waals surface area contributed by atoms with E-state index in [9.17, 15) is 14.3 Å². The number of esters is 1. The average molecular weight is 740 g/mol. The molecule has 0 aliphatic carbocycles. The lowest BCUT2D eigenvalue weighted by molar-refractivity contribution is -0.154. The van der Waals surface area contributed by atoms with Gasteiger partial charge in [-0.3, -0.25) is 13.8 Å². The lowest BCUT2D eigenvalue weighted by Crippen LogP contribution is -2.28. The van der Waals surface area contributed by atoms with E-state index in [0.717, 1.165) is 64.2 Å². The minimum absolute atomic E-state index is 0.0977. The van der Waals surface area contributed by atoms with Crippen molar-refractivity contribution in [1.29, 1.82) is 0 Å². The van der Waals surface area contributed by atoms with Gasteiger partial charge in [-0.15, -0.1) is 0 Å². The van der Waals surface area contributed by atoms with Gasteiger partial charge in [0, 0.05) is 19.6 Å². The fraction of sp³-hybridized carbons (Fsp3) is 0.786. The zero-order chi connectivity index (χ0) is 37.4. The Hall–Kier alpha value is -1.54. The second-order valence-corrected chi connectivity index (χ2v) is 14.9. The summed E-state index contributed by atoms with van der Waals surface area (Å²) in [6.45, 7) is 4.78. The lowest BCUT2D eigenvalue weighted by Gasteiger charge is -2.20. The molecule has 0 radical (unpaired) electrons. The summed E-state index contributed by atoms with van der Waals surface area (Å²) in [6, 6.07) is 0. The van der Waals surface area contributed by atoms with Gasteiger partial charge in [0.25, 0.3) is 0 Å². The fourth-order valence-corrected chi connectivity index (χ4v) is 6.28. The van der Waals surface area contributed by atoms with Crippen molar-refractivity contribution in [1.82, 2.24) is 0 Å². The molecule has 9 heteroatoms. The van der Waals surface area contributed by atoms with E-state index in [0.29, 0.717) is 13.0 Å². The highest BCUT2D eigenvalue weighted by Crippen LogP contribution is 2.43. The largest absolute Gasteiger partial charge is 0.472 e. The van der Waals surface area contributed by atoms with Crippen LogP contribution in [0, 0.1) is 0 Å². The maximum atomic E-state index is 12.5. The maximum absolute atomic E-state index is 12.5. The fourth-order valence-electron chi connectivity index (χ4n) is 5.52. The lowest BCUT2D eigenvalue weighted by atomic mass is 10.0. The van der Waals surface area contributed by atoms with Crippen LogP contribution in [0.5, 0.6) is 0 Å². The molecule has 3 N–H and O–H groups in total. The van der Waals surface area contributed by atoms with Gasteiger partial charge >= 0.3 is 13.8 Å². The van der Waals surface area contributed by atoms with Crippen molar-refractivity contribution in [2.24, 2.45) is 5.73 Å². The molecule has 0 heterocycles. The van der Waals surface area contributed by atoms with Gasteiger partial charge in [-0.1, -0.05) is 165 Å². The predicted molar refractivity (Wildman–Crippen MR) is 215 cm³/mol. The van der Waals surface area contributed by atoms with Crippen LogP contribution >= 0.6 is 7.82 Å². The molecule has 0 aromatic rings. The van der Waals surface area contributed by atoms with Crippen LogP contribution in [0.3, 0.4) is 0 Å². The van der Waals surface area contributed by atoms with Crippen molar-refractivity contribution in [3.63, 3.8) is 0 Å². The number of phosphoric acid groups is 1. The number of nitrogens with two attached hydrogens (primary N) is 1. The number of unbranched alkanes of at least 4 members (excludes halogenated alkanes) is 18. The molecule has 0 rings (SSSR count). The van der Waals surface area contributed by atoms with E-state index in [1.807, 2.05) is 0 Å². The van der Waals surface area contributed by atoms with Crippen molar-refractivity contribution < 1.29 is 32.8 Å². The standard InChI is InChI=1S/C42H78NO7P/c1-3-5-7-9-11-13-15-17-18-19-20-21-22-23-24-26-28-30-32-34-37-47-39-41(40-49-51(45,46)48-38-36-43)50-42(44)35-33-31-29-27-25-16-14-12-10-8-6-4-2/h5,7,11,13,17-18,20-21,41H,3-4,6,8-10,12,14-16,19,22-40,43H2,1-2H3,(H,45,46)/b7-5-,13-11-,18-17-,21-20-. The van der Waals surface area contributed by atoms with E-state index in [1.165, 1.54) is 89.9 Å². The maximum Gasteiger partial charge on any atom is 0.472 e. The molecule has 51 heavy (non-hydrogen) atoms. The van der Waals surface area contributed by atoms with E-state index in [-0.39, 0.29) is 32.3 Å². The van der Waals surface area contributed by atoms with Crippen LogP contribution in [0.1, 0.15) is 174 Å². The van der Waals surface area contributed by atoms with Crippen LogP contribution in [0.4, 0.5) is 0 Å². The number of ether oxygens (including phenoxy) is 2. The Morgan fingerprint density at radius 2 is 1.10 bits per heavy atom. The van der Waals surface area contributed by atoms with Gasteiger partial charge < -0.3 is 20.1 Å². The Bertz CT molecular complexity index is 921. The normalized spacial score (nSPS) is 14.0. The molecule has 0 aliphatic heterocycles. The molecule has 0 saturated carbocycles. The SMILES string of the molecule is CC/C=C\C/C=C\C/C=C\C/C=C\CCCCCCCCCOCC(COP(=O)(O)OCCN)OC(=O)CCCCCCCCCCCCCC. The highest BCUT2D eigenvalue weighted by atomic mass is 31.2. The number of phosphoric ester groups is 1. The van der Waals surface area contributed by atoms with Crippen LogP contribution in [0.25, 0.3) is 0 Å². The molecular formula is C42H78NO7P. The first kappa shape index (κ1) is 49.5. The van der Waals surface area contributed by atoms with Crippen LogP contribution in [-0.2, 0) is 27.9 Å². The molecule has 0 aromatic heterocycles. The second kappa shape index (κ2) is 39.7. The molecule has 0 aromatic carbocycles. The van der Waals surface area contributed by atoms with Gasteiger partial charge in [-0.25, -0.2) is 4.57 Å². The molecule has 0 aliphatic rings. The first-order valence-corrected chi connectivity index (χ1v) is 22.1. The number of carbonyl (C=O) groups is 1. The average Bonchev–Trinajstić information content (AvgIpc) is 3.12. The molecule has 0 bridgehead atoms. The van der Waals surface area contributed by atoms with Gasteiger partial charge in [-0.05, 0) is 51.4 Å². The van der Waals surface area contributed by atoms with Crippen LogP contribution in [-0.4, -0.2) is 49.9 Å². The van der Waals surface area contributed by atoms with Crippen molar-refractivity contribution in [3.8, 4) is 0 Å². The molecule has 0 spiro atoms. The Labute approximate surface area is 313 Å². The number of hydrogen-bond acceptors (Lipinski definition) is 7. The highest BCUT2D eigenvalue weighted by molar-refractivity contribution is 7.47. The zero-order valence-corrected chi connectivity index (χ0v) is 33.7. The van der Waals surface area contributed by atoms with E-state index < -0.39 is 13.9 Å². The Morgan fingerprint density at radius 1 is 0.608 bits per heavy atom. The van der Waals surface area contributed by atoms with Crippen molar-refractivity contribution >= 4 is 13.8 Å². The summed E-state index contributed by atoms with van der Waals surface area (Å²) in [7, 11) is -4.27. The summed E-state index contributed by atoms with van der Waals surface area (Å²) in [4.78, 5) is 22.4. The molecule has 0 fully saturated rings. The van der Waals surface area contributed by atoms with Gasteiger partial charge in [0.05, 0.1) is 19.8 Å². The third kappa shape index (κ3) is 39.5. The number of rotatable bonds is 39. The molecule has 2 unspecified atom stereocenters. The third-order valence-corrected chi connectivity index (χ3v) is 9.49. The predicted octanol–water partition coefficient (Wildman–Crippen LogP) is 12.0. The smallest absolute Gasteiger partial charge is 0.457 e. The Kier molecular flexibility index (Phi) is 38.5. The summed E-state index contributed by atoms with van der Waals surface area (Å²) in [5.41, 5.74) is 5.36. The summed E-state index contributed by atoms with van der Waals surface area (Å²) in [6.07, 6.45) is 45.5. The van der Waals surface area contributed by atoms with Gasteiger partial charge in [-0.2, -0.15) is 0 Å². The zero-order valence-electron chi connectivity index (χ0n) is 32.8. The first-order valence-electron chi connectivity index (χ1n) is 20.6. The number of allylic oxidation sites excluding steroid dienone is 8. The number of hydrogen-bond donors (Lipinski definition) is 2. The molecule has 0 amide bonds. The molecule has 8 nitrogen and oxygen atoms in total. The highest BCUT2D eigenvalue weighted by Gasteiger charge is 2.25. The summed E-state index contributed by atoms with van der Waals surface area (Å²) in [5.74, 6) is -0.336. The Morgan fingerprint density at radius 3 is 1.65 bits per heavy atom. The van der Waals surface area contributed by atoms with Crippen molar-refractivity contribution in [2.45, 2.75) is 180 Å². The molecule has 0 saturated heterocycles. The second-order valence-electron chi connectivity index (χ2n) is 13.5. The van der Waals surface area contributed by atoms with Crippen molar-refractivity contribution in [2.75, 3.05) is 33.0 Å². The topological polar surface area (TPSA) is 117 Å². The minimum Gasteiger partial charge on any atom is -0.457 e. The monoisotopic (exact) mass is 740 g/mol. The first-order chi connectivity index (χ1) is 24.9. The van der Waals surface area contributed by atoms with E-state index in [1.54, 1.807) is 0 Å². The summed E-state index contributed by atoms with van der Waals surface area (Å²) >= 11 is 0. The quantitative estimate of drug-likeness (QED) is 0.0277. The van der Waals surface area contributed by atoms with Gasteiger partial charge in [0.2, 0.25) is 0 Å². The van der Waals surface area contributed by atoms with Crippen LogP contribution in [0.2, 0.25) is 0 Å². The van der Waals surface area contributed by atoms with E-state index in [2.05, 4.69) is 62.5 Å². The van der Waals surface area contributed by atoms with E-state index >= 15 is 0 Å². The Balaban J connectivity index is 4.04. The van der Waals surface area contributed by atoms with E-state index in [4.69, 9.17) is 24.3 Å². The van der Waals surface area contributed by atoms with Crippen LogP contribution < -0.4 is 5.73 Å². The van der Waals surface area contributed by atoms with Crippen molar-refractivity contribution in [3.05, 3.63) is 48.6 Å². The number of carbonyl (C=O) groups excluding carboxylic acids is 1.